The molecule has 0 saturated carbocycles. The van der Waals surface area contributed by atoms with E-state index >= 15 is 0 Å². The van der Waals surface area contributed by atoms with Crippen molar-refractivity contribution in [3.63, 3.8) is 0 Å². The second-order valence-corrected chi connectivity index (χ2v) is 2.74. The molecule has 2 nitrogen and oxygen atoms in total. The summed E-state index contributed by atoms with van der Waals surface area (Å²) >= 11 is 0. The Morgan fingerprint density at radius 3 is 2.50 bits per heavy atom. The van der Waals surface area contributed by atoms with Crippen molar-refractivity contribution in [2.75, 3.05) is 0 Å². The molecular weight excluding hydrogens is 197 g/mol. The lowest BCUT2D eigenvalue weighted by Gasteiger charge is -2.12. The highest BCUT2D eigenvalue weighted by molar-refractivity contribution is 5.35. The predicted octanol–water partition coefficient (Wildman–Crippen LogP) is 2.48. The second-order valence-electron chi connectivity index (χ2n) is 2.74. The predicted molar refractivity (Wildman–Crippen MR) is 43.7 cm³/mol. The van der Waals surface area contributed by atoms with E-state index in [1.165, 1.54) is 6.92 Å². The van der Waals surface area contributed by atoms with Gasteiger partial charge in [0.05, 0.1) is 6.10 Å². The molecule has 0 fully saturated rings. The van der Waals surface area contributed by atoms with Gasteiger partial charge in [0.15, 0.2) is 0 Å². The molecule has 0 aromatic heterocycles. The van der Waals surface area contributed by atoms with E-state index in [1.54, 1.807) is 0 Å². The Morgan fingerprint density at radius 1 is 1.36 bits per heavy atom. The van der Waals surface area contributed by atoms with E-state index in [0.717, 1.165) is 18.2 Å². The normalized spacial score (nSPS) is 13.0. The van der Waals surface area contributed by atoms with Crippen LogP contribution < -0.4 is 4.74 Å². The van der Waals surface area contributed by atoms with Gasteiger partial charge in [0, 0.05) is 5.56 Å². The summed E-state index contributed by atoms with van der Waals surface area (Å²) in [5.74, 6) is -0.820. The fourth-order valence-electron chi connectivity index (χ4n) is 1.05. The molecular formula is C9H9F3O2. The third-order valence-electron chi connectivity index (χ3n) is 1.64. The minimum Gasteiger partial charge on any atom is -0.434 e. The van der Waals surface area contributed by atoms with Gasteiger partial charge >= 0.3 is 6.61 Å². The van der Waals surface area contributed by atoms with Gasteiger partial charge in [-0.15, -0.1) is 0 Å². The van der Waals surface area contributed by atoms with E-state index in [2.05, 4.69) is 4.74 Å². The molecule has 1 N–H and O–H groups in total. The molecule has 78 valence electrons. The molecule has 1 unspecified atom stereocenters. The lowest BCUT2D eigenvalue weighted by atomic mass is 10.1. The van der Waals surface area contributed by atoms with Crippen LogP contribution in [0.2, 0.25) is 0 Å². The number of rotatable bonds is 3. The van der Waals surface area contributed by atoms with Crippen molar-refractivity contribution in [3.05, 3.63) is 29.6 Å². The number of aliphatic hydroxyl groups excluding tert-OH is 1. The number of aliphatic hydroxyl groups is 1. The molecule has 1 atom stereocenters. The fraction of sp³-hybridized carbons (Fsp3) is 0.333. The maximum Gasteiger partial charge on any atom is 0.387 e. The summed E-state index contributed by atoms with van der Waals surface area (Å²) in [6.45, 7) is -1.65. The van der Waals surface area contributed by atoms with E-state index in [0.29, 0.717) is 0 Å². The molecule has 0 amide bonds. The number of ether oxygens (including phenoxy) is 1. The maximum atomic E-state index is 12.7. The largest absolute Gasteiger partial charge is 0.434 e. The van der Waals surface area contributed by atoms with E-state index in [9.17, 15) is 13.2 Å². The second kappa shape index (κ2) is 4.32. The van der Waals surface area contributed by atoms with Crippen LogP contribution in [0.25, 0.3) is 0 Å². The SMILES string of the molecule is CC(O)c1cc(F)ccc1OC(F)F. The Bertz CT molecular complexity index is 313. The zero-order valence-corrected chi connectivity index (χ0v) is 7.38. The van der Waals surface area contributed by atoms with Crippen LogP contribution in [0.15, 0.2) is 18.2 Å². The summed E-state index contributed by atoms with van der Waals surface area (Å²) in [4.78, 5) is 0. The first kappa shape index (κ1) is 10.8. The lowest BCUT2D eigenvalue weighted by molar-refractivity contribution is -0.0514. The van der Waals surface area contributed by atoms with E-state index in [-0.39, 0.29) is 11.3 Å². The number of alkyl halides is 2. The summed E-state index contributed by atoms with van der Waals surface area (Å²) in [7, 11) is 0. The molecule has 0 heterocycles. The van der Waals surface area contributed by atoms with Crippen molar-refractivity contribution in [2.24, 2.45) is 0 Å². The molecule has 5 heteroatoms. The van der Waals surface area contributed by atoms with Crippen molar-refractivity contribution in [1.29, 1.82) is 0 Å². The monoisotopic (exact) mass is 206 g/mol. The summed E-state index contributed by atoms with van der Waals surface area (Å²) < 4.78 is 40.5. The molecule has 0 saturated heterocycles. The zero-order valence-electron chi connectivity index (χ0n) is 7.38. The van der Waals surface area contributed by atoms with E-state index in [4.69, 9.17) is 5.11 Å². The van der Waals surface area contributed by atoms with Crippen LogP contribution in [0.5, 0.6) is 5.75 Å². The van der Waals surface area contributed by atoms with Crippen LogP contribution in [0.4, 0.5) is 13.2 Å². The van der Waals surface area contributed by atoms with Crippen molar-refractivity contribution >= 4 is 0 Å². The number of hydrogen-bond donors (Lipinski definition) is 1. The summed E-state index contributed by atoms with van der Waals surface area (Å²) in [6, 6.07) is 3.01. The molecule has 1 aromatic carbocycles. The minimum atomic E-state index is -2.99. The first-order chi connectivity index (χ1) is 6.50. The standard InChI is InChI=1S/C9H9F3O2/c1-5(13)7-4-6(10)2-3-8(7)14-9(11)12/h2-5,9,13H,1H3. The Morgan fingerprint density at radius 2 is 2.00 bits per heavy atom. The minimum absolute atomic E-state index is 0.00491. The van der Waals surface area contributed by atoms with Crippen LogP contribution in [0, 0.1) is 5.82 Å². The quantitative estimate of drug-likeness (QED) is 0.823. The molecule has 0 aliphatic carbocycles. The van der Waals surface area contributed by atoms with E-state index in [1.807, 2.05) is 0 Å². The third-order valence-corrected chi connectivity index (χ3v) is 1.64. The number of hydrogen-bond acceptors (Lipinski definition) is 2. The summed E-state index contributed by atoms with van der Waals surface area (Å²) in [5.41, 5.74) is 0.00491. The molecule has 0 aliphatic rings. The van der Waals surface area contributed by atoms with Crippen molar-refractivity contribution in [3.8, 4) is 5.75 Å². The first-order valence-electron chi connectivity index (χ1n) is 3.93. The highest BCUT2D eigenvalue weighted by atomic mass is 19.3. The van der Waals surface area contributed by atoms with Gasteiger partial charge in [-0.25, -0.2) is 4.39 Å². The van der Waals surface area contributed by atoms with Crippen LogP contribution in [-0.2, 0) is 0 Å². The molecule has 0 radical (unpaired) electrons. The topological polar surface area (TPSA) is 29.5 Å². The lowest BCUT2D eigenvalue weighted by Crippen LogP contribution is -2.06. The molecule has 1 aromatic rings. The van der Waals surface area contributed by atoms with Crippen LogP contribution in [0.1, 0.15) is 18.6 Å². The van der Waals surface area contributed by atoms with Gasteiger partial charge in [-0.2, -0.15) is 8.78 Å². The van der Waals surface area contributed by atoms with Gasteiger partial charge in [-0.1, -0.05) is 0 Å². The molecule has 1 rings (SSSR count). The first-order valence-corrected chi connectivity index (χ1v) is 3.93. The van der Waals surface area contributed by atoms with Gasteiger partial charge in [-0.05, 0) is 25.1 Å². The average Bonchev–Trinajstić information content (AvgIpc) is 2.07. The molecule has 14 heavy (non-hydrogen) atoms. The summed E-state index contributed by atoms with van der Waals surface area (Å²) in [6.07, 6.45) is -1.06. The van der Waals surface area contributed by atoms with E-state index < -0.39 is 18.5 Å². The van der Waals surface area contributed by atoms with Gasteiger partial charge < -0.3 is 9.84 Å². The Hall–Kier alpha value is -1.23. The Kier molecular flexibility index (Phi) is 3.35. The van der Waals surface area contributed by atoms with Gasteiger partial charge in [0.2, 0.25) is 0 Å². The van der Waals surface area contributed by atoms with Gasteiger partial charge in [0.25, 0.3) is 0 Å². The highest BCUT2D eigenvalue weighted by Crippen LogP contribution is 2.27. The van der Waals surface area contributed by atoms with Crippen LogP contribution in [0.3, 0.4) is 0 Å². The summed E-state index contributed by atoms with van der Waals surface area (Å²) in [5, 5.41) is 9.15. The third kappa shape index (κ3) is 2.63. The van der Waals surface area contributed by atoms with Crippen LogP contribution in [-0.4, -0.2) is 11.7 Å². The smallest absolute Gasteiger partial charge is 0.387 e. The Balaban J connectivity index is 3.02. The number of benzene rings is 1. The van der Waals surface area contributed by atoms with Crippen molar-refractivity contribution in [1.82, 2.24) is 0 Å². The van der Waals surface area contributed by atoms with Gasteiger partial charge in [0.1, 0.15) is 11.6 Å². The molecule has 0 aliphatic heterocycles. The van der Waals surface area contributed by atoms with Crippen molar-refractivity contribution in [2.45, 2.75) is 19.6 Å². The van der Waals surface area contributed by atoms with Crippen LogP contribution >= 0.6 is 0 Å². The van der Waals surface area contributed by atoms with Gasteiger partial charge in [-0.3, -0.25) is 0 Å². The zero-order chi connectivity index (χ0) is 10.7. The average molecular weight is 206 g/mol. The fourth-order valence-corrected chi connectivity index (χ4v) is 1.05. The number of halogens is 3. The Labute approximate surface area is 78.9 Å². The molecule has 0 spiro atoms. The van der Waals surface area contributed by atoms with Crippen molar-refractivity contribution < 1.29 is 23.0 Å². The highest BCUT2D eigenvalue weighted by Gasteiger charge is 2.13. The maximum absolute atomic E-state index is 12.7. The molecule has 0 bridgehead atoms.